The summed E-state index contributed by atoms with van der Waals surface area (Å²) in [5, 5.41) is 2.92. The Morgan fingerprint density at radius 2 is 1.83 bits per heavy atom. The van der Waals surface area contributed by atoms with Crippen LogP contribution in [0, 0.1) is 17.5 Å². The molecule has 0 atom stereocenters. The first kappa shape index (κ1) is 18.3. The molecule has 1 aromatic rings. The second-order valence-electron chi connectivity index (χ2n) is 5.96. The lowest BCUT2D eigenvalue weighted by Crippen LogP contribution is -2.46. The largest absolute Gasteiger partial charge is 0.353 e. The molecular formula is C17H21F3N2O2. The summed E-state index contributed by atoms with van der Waals surface area (Å²) < 4.78 is 39.9. The number of halogens is 3. The third-order valence-electron chi connectivity index (χ3n) is 4.17. The van der Waals surface area contributed by atoms with Crippen LogP contribution in [0.3, 0.4) is 0 Å². The summed E-state index contributed by atoms with van der Waals surface area (Å²) in [5.41, 5.74) is -0.473. The van der Waals surface area contributed by atoms with Gasteiger partial charge in [0.25, 0.3) is 5.91 Å². The molecule has 0 spiro atoms. The molecule has 0 saturated carbocycles. The van der Waals surface area contributed by atoms with Gasteiger partial charge < -0.3 is 10.2 Å². The maximum absolute atomic E-state index is 13.7. The van der Waals surface area contributed by atoms with Crippen LogP contribution in [0.1, 0.15) is 49.4 Å². The molecule has 0 aromatic heterocycles. The highest BCUT2D eigenvalue weighted by Gasteiger charge is 2.27. The molecule has 0 aliphatic carbocycles. The van der Waals surface area contributed by atoms with E-state index in [0.717, 1.165) is 25.0 Å². The van der Waals surface area contributed by atoms with Gasteiger partial charge in [-0.3, -0.25) is 9.59 Å². The van der Waals surface area contributed by atoms with Gasteiger partial charge in [0.05, 0.1) is 5.56 Å². The molecular weight excluding hydrogens is 321 g/mol. The molecule has 0 radical (unpaired) electrons. The van der Waals surface area contributed by atoms with Crippen LogP contribution in [0.5, 0.6) is 0 Å². The Labute approximate surface area is 139 Å². The molecule has 132 valence electrons. The number of unbranched alkanes of at least 4 members (excludes halogenated alkanes) is 1. The van der Waals surface area contributed by atoms with E-state index in [1.165, 1.54) is 4.90 Å². The summed E-state index contributed by atoms with van der Waals surface area (Å²) in [4.78, 5) is 25.4. The zero-order valence-electron chi connectivity index (χ0n) is 13.6. The van der Waals surface area contributed by atoms with Crippen LogP contribution in [-0.2, 0) is 4.79 Å². The normalized spacial score (nSPS) is 15.4. The molecule has 2 amide bonds. The fourth-order valence-electron chi connectivity index (χ4n) is 2.73. The van der Waals surface area contributed by atoms with Gasteiger partial charge in [0.15, 0.2) is 17.5 Å². The van der Waals surface area contributed by atoms with Crippen molar-refractivity contribution in [2.24, 2.45) is 0 Å². The molecule has 4 nitrogen and oxygen atoms in total. The van der Waals surface area contributed by atoms with E-state index in [0.29, 0.717) is 32.4 Å². The topological polar surface area (TPSA) is 49.4 Å². The fraction of sp³-hybridized carbons (Fsp3) is 0.529. The number of hydrogen-bond acceptors (Lipinski definition) is 2. The maximum atomic E-state index is 13.7. The Bertz CT molecular complexity index is 614. The Morgan fingerprint density at radius 1 is 1.17 bits per heavy atom. The van der Waals surface area contributed by atoms with Gasteiger partial charge >= 0.3 is 0 Å². The van der Waals surface area contributed by atoms with Gasteiger partial charge in [0.2, 0.25) is 5.91 Å². The third kappa shape index (κ3) is 4.27. The number of amides is 2. The highest BCUT2D eigenvalue weighted by atomic mass is 19.2. The summed E-state index contributed by atoms with van der Waals surface area (Å²) in [5.74, 6) is -5.10. The van der Waals surface area contributed by atoms with Crippen molar-refractivity contribution in [3.05, 3.63) is 35.1 Å². The lowest BCUT2D eigenvalue weighted by Gasteiger charge is -2.32. The minimum Gasteiger partial charge on any atom is -0.353 e. The average molecular weight is 342 g/mol. The monoisotopic (exact) mass is 342 g/mol. The smallest absolute Gasteiger partial charge is 0.256 e. The SMILES string of the molecule is CCCCC(=O)NC1CCN(C(=O)c2ccc(F)c(F)c2F)CC1. The lowest BCUT2D eigenvalue weighted by atomic mass is 10.0. The number of rotatable bonds is 5. The van der Waals surface area contributed by atoms with E-state index in [-0.39, 0.29) is 11.9 Å². The summed E-state index contributed by atoms with van der Waals surface area (Å²) in [7, 11) is 0. The lowest BCUT2D eigenvalue weighted by molar-refractivity contribution is -0.122. The standard InChI is InChI=1S/C17H21F3N2O2/c1-2-3-4-14(23)21-11-7-9-22(10-8-11)17(24)12-5-6-13(18)16(20)15(12)19/h5-6,11H,2-4,7-10H2,1H3,(H,21,23). The van der Waals surface area contributed by atoms with Crippen LogP contribution in [0.2, 0.25) is 0 Å². The molecule has 1 aliphatic heterocycles. The summed E-state index contributed by atoms with van der Waals surface area (Å²) >= 11 is 0. The first-order chi connectivity index (χ1) is 11.4. The molecule has 1 heterocycles. The van der Waals surface area contributed by atoms with Crippen molar-refractivity contribution in [2.75, 3.05) is 13.1 Å². The van der Waals surface area contributed by atoms with Crippen molar-refractivity contribution in [1.82, 2.24) is 10.2 Å². The van der Waals surface area contributed by atoms with Crippen molar-refractivity contribution in [3.63, 3.8) is 0 Å². The Kier molecular flexibility index (Phi) is 6.23. The number of piperidine rings is 1. The number of nitrogens with one attached hydrogen (secondary N) is 1. The summed E-state index contributed by atoms with van der Waals surface area (Å²) in [6.07, 6.45) is 3.36. The van der Waals surface area contributed by atoms with E-state index in [1.807, 2.05) is 6.92 Å². The first-order valence-corrected chi connectivity index (χ1v) is 8.16. The molecule has 1 aromatic carbocycles. The molecule has 1 fully saturated rings. The van der Waals surface area contributed by atoms with Gasteiger partial charge in [-0.25, -0.2) is 13.2 Å². The Morgan fingerprint density at radius 3 is 2.46 bits per heavy atom. The van der Waals surface area contributed by atoms with E-state index in [4.69, 9.17) is 0 Å². The predicted molar refractivity (Wildman–Crippen MR) is 82.9 cm³/mol. The second-order valence-corrected chi connectivity index (χ2v) is 5.96. The van der Waals surface area contributed by atoms with Gasteiger partial charge in [0.1, 0.15) is 0 Å². The van der Waals surface area contributed by atoms with E-state index in [9.17, 15) is 22.8 Å². The number of likely N-dealkylation sites (tertiary alicyclic amines) is 1. The van der Waals surface area contributed by atoms with Gasteiger partial charge in [-0.2, -0.15) is 0 Å². The summed E-state index contributed by atoms with van der Waals surface area (Å²) in [6, 6.07) is 1.68. The second kappa shape index (κ2) is 8.17. The zero-order chi connectivity index (χ0) is 17.7. The van der Waals surface area contributed by atoms with E-state index < -0.39 is 28.9 Å². The quantitative estimate of drug-likeness (QED) is 0.836. The third-order valence-corrected chi connectivity index (χ3v) is 4.17. The van der Waals surface area contributed by atoms with Crippen molar-refractivity contribution in [2.45, 2.75) is 45.1 Å². The molecule has 1 N–H and O–H groups in total. The molecule has 2 rings (SSSR count). The molecule has 0 unspecified atom stereocenters. The van der Waals surface area contributed by atoms with Gasteiger partial charge in [-0.15, -0.1) is 0 Å². The number of nitrogens with zero attached hydrogens (tertiary/aromatic N) is 1. The van der Waals surface area contributed by atoms with Gasteiger partial charge in [0, 0.05) is 25.6 Å². The molecule has 1 aliphatic rings. The van der Waals surface area contributed by atoms with Crippen LogP contribution in [0.15, 0.2) is 12.1 Å². The highest BCUT2D eigenvalue weighted by Crippen LogP contribution is 2.19. The fourth-order valence-corrected chi connectivity index (χ4v) is 2.73. The van der Waals surface area contributed by atoms with Crippen LogP contribution >= 0.6 is 0 Å². The molecule has 1 saturated heterocycles. The van der Waals surface area contributed by atoms with Gasteiger partial charge in [-0.05, 0) is 31.4 Å². The number of carbonyl (C=O) groups excluding carboxylic acids is 2. The van der Waals surface area contributed by atoms with Crippen molar-refractivity contribution >= 4 is 11.8 Å². The van der Waals surface area contributed by atoms with E-state index in [1.54, 1.807) is 0 Å². The predicted octanol–water partition coefficient (Wildman–Crippen LogP) is 3.01. The van der Waals surface area contributed by atoms with Crippen molar-refractivity contribution in [1.29, 1.82) is 0 Å². The van der Waals surface area contributed by atoms with Crippen molar-refractivity contribution < 1.29 is 22.8 Å². The zero-order valence-corrected chi connectivity index (χ0v) is 13.6. The van der Waals surface area contributed by atoms with E-state index >= 15 is 0 Å². The average Bonchev–Trinajstić information content (AvgIpc) is 2.58. The Balaban J connectivity index is 1.91. The van der Waals surface area contributed by atoms with Crippen LogP contribution in [0.4, 0.5) is 13.2 Å². The molecule has 7 heteroatoms. The molecule has 0 bridgehead atoms. The van der Waals surface area contributed by atoms with Crippen LogP contribution in [-0.4, -0.2) is 35.8 Å². The maximum Gasteiger partial charge on any atom is 0.256 e. The van der Waals surface area contributed by atoms with E-state index in [2.05, 4.69) is 5.32 Å². The minimum absolute atomic E-state index is 0.00623. The highest BCUT2D eigenvalue weighted by molar-refractivity contribution is 5.94. The number of benzene rings is 1. The number of hydrogen-bond donors (Lipinski definition) is 1. The van der Waals surface area contributed by atoms with Crippen LogP contribution < -0.4 is 5.32 Å². The van der Waals surface area contributed by atoms with Gasteiger partial charge in [-0.1, -0.05) is 13.3 Å². The first-order valence-electron chi connectivity index (χ1n) is 8.16. The summed E-state index contributed by atoms with van der Waals surface area (Å²) in [6.45, 7) is 2.67. The molecule has 24 heavy (non-hydrogen) atoms. The van der Waals surface area contributed by atoms with Crippen molar-refractivity contribution in [3.8, 4) is 0 Å². The van der Waals surface area contributed by atoms with Crippen LogP contribution in [0.25, 0.3) is 0 Å². The minimum atomic E-state index is -1.64. The number of carbonyl (C=O) groups is 2. The Hall–Kier alpha value is -2.05.